The van der Waals surface area contributed by atoms with Crippen LogP contribution in [0.1, 0.15) is 48.0 Å². The molecule has 1 rings (SSSR count). The molecule has 0 amide bonds. The molecule has 0 aromatic rings. The first-order valence-electron chi connectivity index (χ1n) is 7.40. The van der Waals surface area contributed by atoms with Crippen LogP contribution in [-0.4, -0.2) is 12.2 Å². The van der Waals surface area contributed by atoms with Crippen LogP contribution in [0.3, 0.4) is 0 Å². The Balaban J connectivity index is 3.07. The van der Waals surface area contributed by atoms with E-state index < -0.39 is 24.0 Å². The van der Waals surface area contributed by atoms with E-state index in [-0.39, 0.29) is 5.54 Å². The van der Waals surface area contributed by atoms with E-state index in [0.717, 1.165) is 0 Å². The second-order valence-electron chi connectivity index (χ2n) is 8.28. The second kappa shape index (κ2) is 5.78. The second-order valence-corrected chi connectivity index (χ2v) is 25.8. The predicted molar refractivity (Wildman–Crippen MR) is 84.8 cm³/mol. The Morgan fingerprint density at radius 1 is 1.11 bits per heavy atom. The van der Waals surface area contributed by atoms with Gasteiger partial charge in [-0.05, 0) is 0 Å². The zero-order valence-electron chi connectivity index (χ0n) is 13.6. The molecule has 0 unspecified atom stereocenters. The summed E-state index contributed by atoms with van der Waals surface area (Å²) in [6.45, 7) is 18.6. The molecule has 1 nitrogen and oxygen atoms in total. The molecule has 0 aromatic carbocycles. The van der Waals surface area contributed by atoms with Gasteiger partial charge in [-0.1, -0.05) is 0 Å². The SMILES string of the molecule is C[SiH](C)[TiH2]([NH]C(C)(C)C)[C]1=C(C(C)(C)C)C=CC1. The van der Waals surface area contributed by atoms with E-state index in [9.17, 15) is 0 Å². The number of hydrogen-bond donors (Lipinski definition) is 1. The monoisotopic (exact) mass is 302 g/mol. The molecule has 0 radical (unpaired) electrons. The van der Waals surface area contributed by atoms with Gasteiger partial charge in [0.2, 0.25) is 0 Å². The fourth-order valence-corrected chi connectivity index (χ4v) is 19.6. The van der Waals surface area contributed by atoms with Gasteiger partial charge in [-0.15, -0.1) is 0 Å². The van der Waals surface area contributed by atoms with Crippen LogP contribution in [0.5, 0.6) is 0 Å². The van der Waals surface area contributed by atoms with Gasteiger partial charge in [0.05, 0.1) is 0 Å². The third-order valence-electron chi connectivity index (χ3n) is 3.83. The quantitative estimate of drug-likeness (QED) is 0.785. The molecule has 0 aromatic heterocycles. The molecule has 3 heteroatoms. The van der Waals surface area contributed by atoms with Gasteiger partial charge in [0, 0.05) is 0 Å². The Bertz CT molecular complexity index is 356. The fraction of sp³-hybridized carbons (Fsp3) is 0.733. The minimum absolute atomic E-state index is 0.288. The molecule has 0 saturated heterocycles. The summed E-state index contributed by atoms with van der Waals surface area (Å²) in [5.41, 5.74) is 2.26. The summed E-state index contributed by atoms with van der Waals surface area (Å²) >= 11 is -1.71. The molecule has 0 heterocycles. The Hall–Kier alpha value is 0.371. The van der Waals surface area contributed by atoms with Gasteiger partial charge in [0.1, 0.15) is 0 Å². The van der Waals surface area contributed by atoms with Crippen molar-refractivity contribution in [2.24, 2.45) is 5.41 Å². The van der Waals surface area contributed by atoms with Crippen LogP contribution >= 0.6 is 0 Å². The summed E-state index contributed by atoms with van der Waals surface area (Å²) in [6, 6.07) is 0. The van der Waals surface area contributed by atoms with E-state index in [1.54, 1.807) is 5.57 Å². The van der Waals surface area contributed by atoms with Gasteiger partial charge in [0.15, 0.2) is 0 Å². The van der Waals surface area contributed by atoms with Crippen LogP contribution in [0.25, 0.3) is 0 Å². The van der Waals surface area contributed by atoms with E-state index in [1.807, 2.05) is 3.88 Å². The average Bonchev–Trinajstić information content (AvgIpc) is 2.59. The van der Waals surface area contributed by atoms with Crippen LogP contribution in [0.2, 0.25) is 13.1 Å². The molecule has 105 valence electrons. The Labute approximate surface area is 121 Å². The van der Waals surface area contributed by atoms with Gasteiger partial charge >= 0.3 is 121 Å². The van der Waals surface area contributed by atoms with Crippen molar-refractivity contribution in [2.75, 3.05) is 0 Å². The maximum absolute atomic E-state index is 4.07. The van der Waals surface area contributed by atoms with Crippen LogP contribution in [0, 0.1) is 5.41 Å². The van der Waals surface area contributed by atoms with E-state index in [4.69, 9.17) is 0 Å². The third kappa shape index (κ3) is 4.48. The van der Waals surface area contributed by atoms with Gasteiger partial charge in [-0.3, -0.25) is 0 Å². The van der Waals surface area contributed by atoms with Gasteiger partial charge in [-0.25, -0.2) is 0 Å². The van der Waals surface area contributed by atoms with Gasteiger partial charge < -0.3 is 0 Å². The molecule has 0 atom stereocenters. The fourth-order valence-electron chi connectivity index (χ4n) is 3.06. The first kappa shape index (κ1) is 16.4. The maximum atomic E-state index is 4.07. The molecule has 0 spiro atoms. The van der Waals surface area contributed by atoms with Crippen molar-refractivity contribution in [2.45, 2.75) is 66.6 Å². The van der Waals surface area contributed by atoms with Crippen molar-refractivity contribution in [3.63, 3.8) is 0 Å². The Kier molecular flexibility index (Phi) is 5.28. The average molecular weight is 302 g/mol. The standard InChI is InChI=1S/C9H13.C4H10N.C2H7Si.Ti.2H/c1-9(2,3)8-6-4-5-7-8;1-4(2,3)5;1-3-2;;;/h4,6H,5H2,1-3H3;5H,1-3H3;3H,1-2H3;;;/q;-1;;+1;;. The number of rotatable bonds is 3. The zero-order valence-corrected chi connectivity index (χ0v) is 17.0. The Morgan fingerprint density at radius 2 is 1.67 bits per heavy atom. The molecule has 0 bridgehead atoms. The van der Waals surface area contributed by atoms with E-state index >= 15 is 0 Å². The summed E-state index contributed by atoms with van der Waals surface area (Å²) in [7, 11) is 0. The number of nitrogens with one attached hydrogen (secondary N) is 1. The molecule has 1 aliphatic rings. The van der Waals surface area contributed by atoms with Crippen molar-refractivity contribution < 1.29 is 17.4 Å². The normalized spacial score (nSPS) is 17.9. The molecule has 0 aliphatic heterocycles. The van der Waals surface area contributed by atoms with Gasteiger partial charge in [-0.2, -0.15) is 0 Å². The predicted octanol–water partition coefficient (Wildman–Crippen LogP) is 3.62. The summed E-state index contributed by atoms with van der Waals surface area (Å²) in [5, 5.41) is 0. The molecule has 1 aliphatic carbocycles. The number of hydrogen-bond acceptors (Lipinski definition) is 1. The van der Waals surface area contributed by atoms with Crippen LogP contribution in [0.15, 0.2) is 21.6 Å². The Morgan fingerprint density at radius 3 is 2.06 bits per heavy atom. The van der Waals surface area contributed by atoms with Crippen LogP contribution in [0.4, 0.5) is 0 Å². The topological polar surface area (TPSA) is 12.0 Å². The first-order valence-corrected chi connectivity index (χ1v) is 16.6. The molecule has 18 heavy (non-hydrogen) atoms. The first-order chi connectivity index (χ1) is 8.02. The molecular weight excluding hydrogens is 270 g/mol. The van der Waals surface area contributed by atoms with Gasteiger partial charge in [0.25, 0.3) is 0 Å². The van der Waals surface area contributed by atoms with E-state index in [1.165, 1.54) is 6.42 Å². The van der Waals surface area contributed by atoms with E-state index in [2.05, 4.69) is 70.6 Å². The minimum atomic E-state index is -1.71. The van der Waals surface area contributed by atoms with Crippen molar-refractivity contribution in [1.29, 1.82) is 0 Å². The summed E-state index contributed by atoms with van der Waals surface area (Å²) in [5.74, 6) is 0. The summed E-state index contributed by atoms with van der Waals surface area (Å²) in [4.78, 5) is 0. The van der Waals surface area contributed by atoms with Crippen molar-refractivity contribution in [3.8, 4) is 0 Å². The summed E-state index contributed by atoms with van der Waals surface area (Å²) in [6.07, 6.45) is 6.03. The van der Waals surface area contributed by atoms with Crippen molar-refractivity contribution in [3.05, 3.63) is 21.6 Å². The van der Waals surface area contributed by atoms with Crippen LogP contribution < -0.4 is 3.80 Å². The molecule has 1 N–H and O–H groups in total. The third-order valence-corrected chi connectivity index (χ3v) is 20.7. The van der Waals surface area contributed by atoms with E-state index in [0.29, 0.717) is 5.41 Å². The zero-order chi connectivity index (χ0) is 14.1. The van der Waals surface area contributed by atoms with Crippen molar-refractivity contribution >= 4 is 6.66 Å². The van der Waals surface area contributed by atoms with Crippen LogP contribution in [-0.2, 0) is 17.4 Å². The molecule has 0 fully saturated rings. The summed E-state index contributed by atoms with van der Waals surface area (Å²) < 4.78 is 5.93. The number of allylic oxidation sites excluding steroid dienone is 4. The molecule has 0 saturated carbocycles. The van der Waals surface area contributed by atoms with Crippen molar-refractivity contribution in [1.82, 2.24) is 3.80 Å². The molecular formula is C15H32NSiTi.